The molecule has 92 valence electrons. The molecule has 0 saturated carbocycles. The van der Waals surface area contributed by atoms with E-state index in [2.05, 4.69) is 6.58 Å². The van der Waals surface area contributed by atoms with E-state index in [9.17, 15) is 9.90 Å². The normalized spacial score (nSPS) is 9.29. The van der Waals surface area contributed by atoms with Crippen molar-refractivity contribution in [3.05, 3.63) is 42.5 Å². The molecule has 1 rings (SSSR count). The van der Waals surface area contributed by atoms with Crippen LogP contribution in [0, 0.1) is 0 Å². The van der Waals surface area contributed by atoms with Gasteiger partial charge in [-0.05, 0) is 30.7 Å². The van der Waals surface area contributed by atoms with Crippen LogP contribution in [0.1, 0.15) is 12.5 Å². The summed E-state index contributed by atoms with van der Waals surface area (Å²) >= 11 is 0. The summed E-state index contributed by atoms with van der Waals surface area (Å²) in [6.45, 7) is 5.25. The fraction of sp³-hybridized carbons (Fsp3) is 0.154. The van der Waals surface area contributed by atoms with Crippen LogP contribution in [0.3, 0.4) is 0 Å². The van der Waals surface area contributed by atoms with E-state index in [4.69, 9.17) is 9.84 Å². The first-order valence-corrected chi connectivity index (χ1v) is 4.90. The summed E-state index contributed by atoms with van der Waals surface area (Å²) in [5.41, 5.74) is 0.655. The molecule has 0 atom stereocenters. The SMILES string of the molecule is C=CC.COc1cc(C=CC(=O)O)ccc1O. The molecule has 0 aliphatic carbocycles. The van der Waals surface area contributed by atoms with Gasteiger partial charge in [-0.25, -0.2) is 4.79 Å². The minimum absolute atomic E-state index is 0.0278. The van der Waals surface area contributed by atoms with Crippen LogP contribution in [0.4, 0.5) is 0 Å². The van der Waals surface area contributed by atoms with Gasteiger partial charge >= 0.3 is 5.97 Å². The van der Waals surface area contributed by atoms with Gasteiger partial charge in [0.05, 0.1) is 7.11 Å². The molecule has 1 aromatic carbocycles. The van der Waals surface area contributed by atoms with Crippen LogP contribution in [-0.2, 0) is 4.79 Å². The summed E-state index contributed by atoms with van der Waals surface area (Å²) in [6, 6.07) is 4.59. The number of benzene rings is 1. The molecule has 0 amide bonds. The van der Waals surface area contributed by atoms with Crippen molar-refractivity contribution in [2.45, 2.75) is 6.92 Å². The van der Waals surface area contributed by atoms with Gasteiger partial charge < -0.3 is 14.9 Å². The third kappa shape index (κ3) is 6.04. The Hall–Kier alpha value is -2.23. The van der Waals surface area contributed by atoms with Gasteiger partial charge in [-0.15, -0.1) is 6.58 Å². The van der Waals surface area contributed by atoms with Crippen molar-refractivity contribution in [2.24, 2.45) is 0 Å². The monoisotopic (exact) mass is 236 g/mol. The van der Waals surface area contributed by atoms with Gasteiger partial charge in [0.2, 0.25) is 0 Å². The lowest BCUT2D eigenvalue weighted by atomic mass is 10.2. The van der Waals surface area contributed by atoms with Crippen LogP contribution in [-0.4, -0.2) is 23.3 Å². The maximum atomic E-state index is 10.2. The number of allylic oxidation sites excluding steroid dienone is 1. The van der Waals surface area contributed by atoms with E-state index in [-0.39, 0.29) is 5.75 Å². The summed E-state index contributed by atoms with van der Waals surface area (Å²) in [4.78, 5) is 10.2. The Bertz CT molecular complexity index is 408. The van der Waals surface area contributed by atoms with E-state index in [0.29, 0.717) is 11.3 Å². The largest absolute Gasteiger partial charge is 0.504 e. The van der Waals surface area contributed by atoms with Crippen molar-refractivity contribution in [1.29, 1.82) is 0 Å². The number of carboxylic acids is 1. The van der Waals surface area contributed by atoms with Gasteiger partial charge in [0.1, 0.15) is 0 Å². The van der Waals surface area contributed by atoms with Crippen molar-refractivity contribution in [2.75, 3.05) is 7.11 Å². The molecule has 0 unspecified atom stereocenters. The zero-order chi connectivity index (χ0) is 13.3. The third-order valence-corrected chi connectivity index (χ3v) is 1.62. The summed E-state index contributed by atoms with van der Waals surface area (Å²) in [6.07, 6.45) is 4.19. The van der Waals surface area contributed by atoms with E-state index in [1.807, 2.05) is 6.92 Å². The molecule has 0 aliphatic heterocycles. The van der Waals surface area contributed by atoms with Crippen molar-refractivity contribution in [3.8, 4) is 11.5 Å². The highest BCUT2D eigenvalue weighted by molar-refractivity contribution is 5.85. The Morgan fingerprint density at radius 3 is 2.53 bits per heavy atom. The second kappa shape index (κ2) is 7.98. The Morgan fingerprint density at radius 2 is 2.06 bits per heavy atom. The molecule has 2 N–H and O–H groups in total. The fourth-order valence-electron chi connectivity index (χ4n) is 0.965. The molecule has 0 heterocycles. The topological polar surface area (TPSA) is 66.8 Å². The number of hydrogen-bond acceptors (Lipinski definition) is 3. The average molecular weight is 236 g/mol. The molecule has 0 bridgehead atoms. The number of aliphatic carboxylic acids is 1. The number of hydrogen-bond donors (Lipinski definition) is 2. The molecular weight excluding hydrogens is 220 g/mol. The molecular formula is C13H16O4. The third-order valence-electron chi connectivity index (χ3n) is 1.62. The number of aromatic hydroxyl groups is 1. The number of rotatable bonds is 3. The van der Waals surface area contributed by atoms with Gasteiger partial charge in [-0.3, -0.25) is 0 Å². The standard InChI is InChI=1S/C10H10O4.C3H6/c1-14-9-6-7(2-4-8(9)11)3-5-10(12)13;1-3-2/h2-6,11H,1H3,(H,12,13);3H,1H2,2H3. The van der Waals surface area contributed by atoms with Crippen LogP contribution in [0.2, 0.25) is 0 Å². The van der Waals surface area contributed by atoms with E-state index >= 15 is 0 Å². The molecule has 0 radical (unpaired) electrons. The van der Waals surface area contributed by atoms with Crippen LogP contribution in [0.25, 0.3) is 6.08 Å². The van der Waals surface area contributed by atoms with Crippen LogP contribution < -0.4 is 4.74 Å². The van der Waals surface area contributed by atoms with E-state index in [1.165, 1.54) is 19.3 Å². The molecule has 0 aromatic heterocycles. The van der Waals surface area contributed by atoms with Gasteiger partial charge in [0.25, 0.3) is 0 Å². The van der Waals surface area contributed by atoms with E-state index in [1.54, 1.807) is 18.2 Å². The highest BCUT2D eigenvalue weighted by Crippen LogP contribution is 2.26. The predicted molar refractivity (Wildman–Crippen MR) is 67.2 cm³/mol. The maximum absolute atomic E-state index is 10.2. The Balaban J connectivity index is 0.000000770. The molecule has 1 aromatic rings. The zero-order valence-corrected chi connectivity index (χ0v) is 9.88. The highest BCUT2D eigenvalue weighted by atomic mass is 16.5. The molecule has 4 nitrogen and oxygen atoms in total. The Labute approximate surface area is 100 Å². The maximum Gasteiger partial charge on any atom is 0.328 e. The first-order chi connectivity index (χ1) is 8.04. The van der Waals surface area contributed by atoms with E-state index in [0.717, 1.165) is 6.08 Å². The summed E-state index contributed by atoms with van der Waals surface area (Å²) in [5.74, 6) is -0.672. The highest BCUT2D eigenvalue weighted by Gasteiger charge is 2.00. The summed E-state index contributed by atoms with van der Waals surface area (Å²) < 4.78 is 4.86. The zero-order valence-electron chi connectivity index (χ0n) is 9.88. The number of phenolic OH excluding ortho intramolecular Hbond substituents is 1. The van der Waals surface area contributed by atoms with E-state index < -0.39 is 5.97 Å². The van der Waals surface area contributed by atoms with Crippen molar-refractivity contribution in [3.63, 3.8) is 0 Å². The van der Waals surface area contributed by atoms with Gasteiger partial charge in [0, 0.05) is 6.08 Å². The molecule has 4 heteroatoms. The molecule has 0 spiro atoms. The first-order valence-electron chi connectivity index (χ1n) is 4.90. The molecule has 0 aliphatic rings. The number of methoxy groups -OCH3 is 1. The number of phenols is 1. The van der Waals surface area contributed by atoms with Gasteiger partial charge in [-0.2, -0.15) is 0 Å². The minimum atomic E-state index is -1.02. The van der Waals surface area contributed by atoms with Crippen molar-refractivity contribution < 1.29 is 19.7 Å². The van der Waals surface area contributed by atoms with Crippen molar-refractivity contribution >= 4 is 12.0 Å². The lowest BCUT2D eigenvalue weighted by Gasteiger charge is -2.03. The first kappa shape index (κ1) is 14.8. The predicted octanol–water partition coefficient (Wildman–Crippen LogP) is 2.69. The second-order valence-electron chi connectivity index (χ2n) is 3.01. The molecule has 17 heavy (non-hydrogen) atoms. The summed E-state index contributed by atoms with van der Waals surface area (Å²) in [7, 11) is 1.43. The summed E-state index contributed by atoms with van der Waals surface area (Å²) in [5, 5.41) is 17.6. The van der Waals surface area contributed by atoms with Crippen LogP contribution in [0.15, 0.2) is 36.9 Å². The Kier molecular flexibility index (Phi) is 6.94. The number of carboxylic acid groups (broad SMARTS) is 1. The number of carbonyl (C=O) groups is 1. The Morgan fingerprint density at radius 1 is 1.47 bits per heavy atom. The molecule has 0 saturated heterocycles. The molecule has 0 fully saturated rings. The van der Waals surface area contributed by atoms with Crippen LogP contribution in [0.5, 0.6) is 11.5 Å². The lowest BCUT2D eigenvalue weighted by Crippen LogP contribution is -1.87. The van der Waals surface area contributed by atoms with Crippen molar-refractivity contribution in [1.82, 2.24) is 0 Å². The minimum Gasteiger partial charge on any atom is -0.504 e. The average Bonchev–Trinajstić information content (AvgIpc) is 2.29. The smallest absolute Gasteiger partial charge is 0.328 e. The fourth-order valence-corrected chi connectivity index (χ4v) is 0.965. The quantitative estimate of drug-likeness (QED) is 0.625. The van der Waals surface area contributed by atoms with Gasteiger partial charge in [0.15, 0.2) is 11.5 Å². The second-order valence-corrected chi connectivity index (χ2v) is 3.01. The van der Waals surface area contributed by atoms with Crippen LogP contribution >= 0.6 is 0 Å². The lowest BCUT2D eigenvalue weighted by molar-refractivity contribution is -0.131. The number of ether oxygens (including phenoxy) is 1. The van der Waals surface area contributed by atoms with Gasteiger partial charge in [-0.1, -0.05) is 12.1 Å².